The third-order valence-corrected chi connectivity index (χ3v) is 4.96. The molecule has 0 bridgehead atoms. The van der Waals surface area contributed by atoms with Crippen LogP contribution >= 0.6 is 11.6 Å². The molecule has 1 aliphatic rings. The molecule has 0 aliphatic carbocycles. The van der Waals surface area contributed by atoms with Gasteiger partial charge in [0.15, 0.2) is 0 Å². The molecule has 0 radical (unpaired) electrons. The molecule has 0 spiro atoms. The Morgan fingerprint density at radius 2 is 1.85 bits per heavy atom. The molecular weight excluding hydrogens is 362 g/mol. The lowest BCUT2D eigenvalue weighted by Crippen LogP contribution is -2.24. The number of carbonyl (C=O) groups is 2. The van der Waals surface area contributed by atoms with Gasteiger partial charge in [-0.25, -0.2) is 0 Å². The Labute approximate surface area is 164 Å². The molecular formula is C21H24ClN3O2. The van der Waals surface area contributed by atoms with E-state index in [2.05, 4.69) is 17.6 Å². The van der Waals surface area contributed by atoms with E-state index in [1.807, 2.05) is 48.5 Å². The minimum Gasteiger partial charge on any atom is -0.326 e. The van der Waals surface area contributed by atoms with Crippen LogP contribution in [0.25, 0.3) is 0 Å². The summed E-state index contributed by atoms with van der Waals surface area (Å²) in [5.41, 5.74) is 2.75. The molecule has 6 heteroatoms. The molecule has 5 nitrogen and oxygen atoms in total. The number of anilines is 2. The van der Waals surface area contributed by atoms with Gasteiger partial charge in [0.05, 0.1) is 0 Å². The fraction of sp³-hybridized carbons (Fsp3) is 0.333. The van der Waals surface area contributed by atoms with Crippen molar-refractivity contribution in [3.05, 3.63) is 59.1 Å². The number of amides is 2. The van der Waals surface area contributed by atoms with E-state index in [0.717, 1.165) is 29.9 Å². The molecule has 3 rings (SSSR count). The summed E-state index contributed by atoms with van der Waals surface area (Å²) in [5, 5.41) is 6.94. The second-order valence-electron chi connectivity index (χ2n) is 6.72. The molecule has 142 valence electrons. The van der Waals surface area contributed by atoms with Gasteiger partial charge in [-0.05, 0) is 55.3 Å². The van der Waals surface area contributed by atoms with Gasteiger partial charge >= 0.3 is 0 Å². The SMILES string of the molecule is C[C@H](NCCC(=O)Nc1ccc(N2CCCC2=O)cc1)c1ccc(Cl)cc1. The number of halogens is 1. The molecule has 0 saturated carbocycles. The predicted molar refractivity (Wildman–Crippen MR) is 109 cm³/mol. The molecule has 1 atom stereocenters. The van der Waals surface area contributed by atoms with Crippen molar-refractivity contribution in [3.8, 4) is 0 Å². The zero-order valence-corrected chi connectivity index (χ0v) is 16.1. The summed E-state index contributed by atoms with van der Waals surface area (Å²) in [6.07, 6.45) is 1.89. The van der Waals surface area contributed by atoms with Gasteiger partial charge < -0.3 is 15.5 Å². The highest BCUT2D eigenvalue weighted by Gasteiger charge is 2.21. The monoisotopic (exact) mass is 385 g/mol. The van der Waals surface area contributed by atoms with Crippen LogP contribution in [-0.2, 0) is 9.59 Å². The number of carbonyl (C=O) groups excluding carboxylic acids is 2. The van der Waals surface area contributed by atoms with E-state index in [-0.39, 0.29) is 17.9 Å². The average Bonchev–Trinajstić information content (AvgIpc) is 3.09. The molecule has 27 heavy (non-hydrogen) atoms. The van der Waals surface area contributed by atoms with Crippen molar-refractivity contribution >= 4 is 34.8 Å². The van der Waals surface area contributed by atoms with Gasteiger partial charge in [0, 0.05) is 48.4 Å². The zero-order valence-electron chi connectivity index (χ0n) is 15.4. The Kier molecular flexibility index (Phi) is 6.48. The second kappa shape index (κ2) is 9.02. The standard InChI is InChI=1S/C21H24ClN3O2/c1-15(16-4-6-17(22)7-5-16)23-13-12-20(26)24-18-8-10-19(11-9-18)25-14-2-3-21(25)27/h4-11,15,23H,2-3,12-14H2,1H3,(H,24,26)/t15-/m0/s1. The average molecular weight is 386 g/mol. The number of benzene rings is 2. The van der Waals surface area contributed by atoms with Crippen LogP contribution in [0, 0.1) is 0 Å². The molecule has 0 unspecified atom stereocenters. The minimum atomic E-state index is -0.0456. The summed E-state index contributed by atoms with van der Waals surface area (Å²) < 4.78 is 0. The number of nitrogens with zero attached hydrogens (tertiary/aromatic N) is 1. The highest BCUT2D eigenvalue weighted by atomic mass is 35.5. The van der Waals surface area contributed by atoms with Crippen LogP contribution in [-0.4, -0.2) is 24.9 Å². The summed E-state index contributed by atoms with van der Waals surface area (Å²) >= 11 is 5.90. The quantitative estimate of drug-likeness (QED) is 0.752. The fourth-order valence-electron chi connectivity index (χ4n) is 3.14. The topological polar surface area (TPSA) is 61.4 Å². The molecule has 1 aliphatic heterocycles. The third kappa shape index (κ3) is 5.31. The van der Waals surface area contributed by atoms with E-state index < -0.39 is 0 Å². The van der Waals surface area contributed by atoms with Crippen LogP contribution in [0.1, 0.15) is 37.8 Å². The van der Waals surface area contributed by atoms with Crippen LogP contribution < -0.4 is 15.5 Å². The lowest BCUT2D eigenvalue weighted by Gasteiger charge is -2.16. The van der Waals surface area contributed by atoms with E-state index in [9.17, 15) is 9.59 Å². The van der Waals surface area contributed by atoms with Gasteiger partial charge in [-0.3, -0.25) is 9.59 Å². The maximum atomic E-state index is 12.1. The molecule has 2 aromatic rings. The molecule has 2 amide bonds. The molecule has 1 fully saturated rings. The smallest absolute Gasteiger partial charge is 0.227 e. The molecule has 2 aromatic carbocycles. The van der Waals surface area contributed by atoms with Gasteiger partial charge in [0.1, 0.15) is 0 Å². The summed E-state index contributed by atoms with van der Waals surface area (Å²) in [6, 6.07) is 15.2. The number of nitrogens with one attached hydrogen (secondary N) is 2. The Hall–Kier alpha value is -2.37. The van der Waals surface area contributed by atoms with Crippen molar-refractivity contribution in [2.75, 3.05) is 23.3 Å². The number of hydrogen-bond acceptors (Lipinski definition) is 3. The summed E-state index contributed by atoms with van der Waals surface area (Å²) in [5.74, 6) is 0.114. The zero-order chi connectivity index (χ0) is 19.2. The van der Waals surface area contributed by atoms with E-state index in [1.165, 1.54) is 0 Å². The predicted octanol–water partition coefficient (Wildman–Crippen LogP) is 4.15. The van der Waals surface area contributed by atoms with Crippen LogP contribution in [0.4, 0.5) is 11.4 Å². The Bertz CT molecular complexity index is 790. The first-order valence-electron chi connectivity index (χ1n) is 9.22. The van der Waals surface area contributed by atoms with Crippen LogP contribution in [0.3, 0.4) is 0 Å². The Morgan fingerprint density at radius 3 is 2.48 bits per heavy atom. The first-order valence-corrected chi connectivity index (χ1v) is 9.60. The van der Waals surface area contributed by atoms with Crippen molar-refractivity contribution in [2.45, 2.75) is 32.2 Å². The number of hydrogen-bond donors (Lipinski definition) is 2. The van der Waals surface area contributed by atoms with Gasteiger partial charge in [0.2, 0.25) is 11.8 Å². The van der Waals surface area contributed by atoms with Gasteiger partial charge in [0.25, 0.3) is 0 Å². The van der Waals surface area contributed by atoms with Gasteiger partial charge in [-0.2, -0.15) is 0 Å². The molecule has 1 saturated heterocycles. The maximum Gasteiger partial charge on any atom is 0.227 e. The highest BCUT2D eigenvalue weighted by molar-refractivity contribution is 6.30. The Balaban J connectivity index is 1.43. The highest BCUT2D eigenvalue weighted by Crippen LogP contribution is 2.23. The van der Waals surface area contributed by atoms with E-state index in [0.29, 0.717) is 24.4 Å². The normalized spacial score (nSPS) is 15.0. The lowest BCUT2D eigenvalue weighted by molar-refractivity contribution is -0.117. The van der Waals surface area contributed by atoms with Crippen LogP contribution in [0.15, 0.2) is 48.5 Å². The number of rotatable bonds is 7. The third-order valence-electron chi connectivity index (χ3n) is 4.71. The lowest BCUT2D eigenvalue weighted by atomic mass is 10.1. The largest absolute Gasteiger partial charge is 0.326 e. The van der Waals surface area contributed by atoms with E-state index in [1.54, 1.807) is 4.90 Å². The van der Waals surface area contributed by atoms with Crippen LogP contribution in [0.2, 0.25) is 5.02 Å². The first-order chi connectivity index (χ1) is 13.0. The van der Waals surface area contributed by atoms with E-state index >= 15 is 0 Å². The first kappa shape index (κ1) is 19.4. The van der Waals surface area contributed by atoms with Crippen molar-refractivity contribution in [1.29, 1.82) is 0 Å². The van der Waals surface area contributed by atoms with Crippen molar-refractivity contribution in [3.63, 3.8) is 0 Å². The van der Waals surface area contributed by atoms with Crippen molar-refractivity contribution < 1.29 is 9.59 Å². The minimum absolute atomic E-state index is 0.0456. The van der Waals surface area contributed by atoms with Gasteiger partial charge in [-0.1, -0.05) is 23.7 Å². The van der Waals surface area contributed by atoms with Crippen molar-refractivity contribution in [1.82, 2.24) is 5.32 Å². The Morgan fingerprint density at radius 1 is 1.15 bits per heavy atom. The summed E-state index contributed by atoms with van der Waals surface area (Å²) in [6.45, 7) is 3.40. The summed E-state index contributed by atoms with van der Waals surface area (Å²) in [7, 11) is 0. The molecule has 0 aromatic heterocycles. The molecule has 2 N–H and O–H groups in total. The van der Waals surface area contributed by atoms with Gasteiger partial charge in [-0.15, -0.1) is 0 Å². The molecule has 1 heterocycles. The fourth-order valence-corrected chi connectivity index (χ4v) is 3.27. The maximum absolute atomic E-state index is 12.1. The second-order valence-corrected chi connectivity index (χ2v) is 7.16. The van der Waals surface area contributed by atoms with E-state index in [4.69, 9.17) is 11.6 Å². The van der Waals surface area contributed by atoms with Crippen molar-refractivity contribution in [2.24, 2.45) is 0 Å². The summed E-state index contributed by atoms with van der Waals surface area (Å²) in [4.78, 5) is 25.7. The van der Waals surface area contributed by atoms with Crippen LogP contribution in [0.5, 0.6) is 0 Å².